The highest BCUT2D eigenvalue weighted by Gasteiger charge is 2.38. The summed E-state index contributed by atoms with van der Waals surface area (Å²) >= 11 is 8.71. The van der Waals surface area contributed by atoms with E-state index in [1.54, 1.807) is 24.8 Å². The zero-order chi connectivity index (χ0) is 73.9. The Hall–Kier alpha value is -7.76. The maximum Gasteiger partial charge on any atom is 0.490 e. The van der Waals surface area contributed by atoms with Crippen LogP contribution in [-0.2, 0) is 38.6 Å². The highest BCUT2D eigenvalue weighted by atomic mass is 32.2. The van der Waals surface area contributed by atoms with Crippen LogP contribution in [0.5, 0.6) is 11.5 Å². The average Bonchev–Trinajstić information content (AvgIpc) is 1.61. The van der Waals surface area contributed by atoms with E-state index in [2.05, 4.69) is 209 Å². The van der Waals surface area contributed by atoms with Gasteiger partial charge in [0.1, 0.15) is 11.5 Å². The number of thioether (sulfide) groups is 2. The Balaban J connectivity index is 0.000000182. The van der Waals surface area contributed by atoms with Crippen LogP contribution in [0.2, 0.25) is 0 Å². The van der Waals surface area contributed by atoms with Crippen molar-refractivity contribution >= 4 is 41.7 Å². The van der Waals surface area contributed by atoms with Crippen molar-refractivity contribution in [3.05, 3.63) is 170 Å². The number of nitrogens with one attached hydrogen (secondary N) is 1. The van der Waals surface area contributed by atoms with Gasteiger partial charge in [0.15, 0.2) is 32.6 Å². The van der Waals surface area contributed by atoms with Gasteiger partial charge >= 0.3 is 12.1 Å². The van der Waals surface area contributed by atoms with E-state index < -0.39 is 12.1 Å². The van der Waals surface area contributed by atoms with Crippen molar-refractivity contribution in [3.8, 4) is 62.7 Å². The number of aryl methyl sites for hydroxylation is 4. The van der Waals surface area contributed by atoms with Crippen LogP contribution in [0.15, 0.2) is 120 Å². The minimum Gasteiger partial charge on any atom is -0.508 e. The van der Waals surface area contributed by atoms with Crippen LogP contribution < -0.4 is 0 Å². The molecule has 6 aromatic carbocycles. The van der Waals surface area contributed by atoms with E-state index in [4.69, 9.17) is 41.4 Å². The molecule has 12 rings (SSSR count). The van der Waals surface area contributed by atoms with Crippen LogP contribution in [-0.4, -0.2) is 190 Å². The van der Waals surface area contributed by atoms with Gasteiger partial charge in [0.25, 0.3) is 0 Å². The lowest BCUT2D eigenvalue weighted by Gasteiger charge is -2.26. The molecule has 3 aliphatic heterocycles. The fraction of sp³-hybridized carbons (Fsp3) is 0.434. The predicted octanol–water partition coefficient (Wildman–Crippen LogP) is 15.1. The number of alkyl halides is 3. The molecule has 0 bridgehead atoms. The minimum atomic E-state index is -5.08. The summed E-state index contributed by atoms with van der Waals surface area (Å²) < 4.78 is 54.9. The molecule has 3 aromatic heterocycles. The number of carbonyl (C=O) groups is 1. The zero-order valence-electron chi connectivity index (χ0n) is 60.6. The first-order valence-electron chi connectivity index (χ1n) is 34.3. The van der Waals surface area contributed by atoms with E-state index >= 15 is 0 Å². The molecule has 20 nitrogen and oxygen atoms in total. The molecule has 3 saturated heterocycles. The van der Waals surface area contributed by atoms with Crippen LogP contribution >= 0.6 is 35.7 Å². The number of halogens is 3. The number of aromatic hydroxyl groups is 2. The highest BCUT2D eigenvalue weighted by molar-refractivity contribution is 7.98. The van der Waals surface area contributed by atoms with Crippen molar-refractivity contribution in [2.45, 2.75) is 130 Å². The zero-order valence-corrected chi connectivity index (χ0v) is 63.1. The van der Waals surface area contributed by atoms with Crippen LogP contribution in [0.1, 0.15) is 122 Å². The number of hydrogen-bond acceptors (Lipinski definition) is 18. The van der Waals surface area contributed by atoms with Gasteiger partial charge in [0.2, 0.25) is 0 Å². The van der Waals surface area contributed by atoms with E-state index in [0.717, 1.165) is 154 Å². The summed E-state index contributed by atoms with van der Waals surface area (Å²) in [6.07, 6.45) is -1.08. The second kappa shape index (κ2) is 37.6. The fourth-order valence-corrected chi connectivity index (χ4v) is 13.6. The van der Waals surface area contributed by atoms with Gasteiger partial charge in [-0.1, -0.05) is 114 Å². The third kappa shape index (κ3) is 21.0. The van der Waals surface area contributed by atoms with E-state index in [0.29, 0.717) is 28.0 Å². The second-order valence-electron chi connectivity index (χ2n) is 26.1. The van der Waals surface area contributed by atoms with Gasteiger partial charge in [-0.2, -0.15) is 18.3 Å². The number of benzene rings is 6. The van der Waals surface area contributed by atoms with Gasteiger partial charge in [-0.15, -0.1) is 20.4 Å². The Morgan fingerprint density at radius 1 is 0.510 bits per heavy atom. The molecule has 9 aromatic rings. The maximum absolute atomic E-state index is 10.6. The normalized spacial score (nSPS) is 14.5. The molecule has 0 spiro atoms. The second-order valence-corrected chi connectivity index (χ2v) is 28.0. The number of ether oxygens (including phenoxy) is 3. The number of H-pyrrole nitrogens is 1. The lowest BCUT2D eigenvalue weighted by atomic mass is 9.92. The van der Waals surface area contributed by atoms with E-state index in [1.807, 2.05) is 29.2 Å². The molecule has 6 heterocycles. The first-order chi connectivity index (χ1) is 48.7. The number of aromatic amines is 1. The standard InChI is InChI=1S/C25H32N4OS.C24H30N4OS.C23H28N4O3S.C2HF3O2.C2H6O/c1-17(2)22-15-23(19(4)14-18(22)3)24-26-27-25(31-5)29(24)21-8-6-20(7-9-21)16-28-10-12-30-13-11-28;1-16(2)21-14-22(18(4)13-17(21)3)23-25-26-24(30)28(23)20-7-5-19(6-8-20)15-27-9-11-29-12-10-27;1-15(2)18-12-19(21(29)13-20(18)28)22-24-25-23(31-3)27(22)17-6-4-16(5-7-17)14-26-8-10-30-11-9-26;3-2(4,5)1(6)7;1-2-3/h6-9,14-15,17H,10-13,16H2,1-5H3;5-8,13-14,16H,9-12,15H2,1-4H3,(H,26,30);4-7,12-13,15,28-29H,8-11,14H2,1-3H3;(H,6,7);3H,2H2,1H3. The third-order valence-corrected chi connectivity index (χ3v) is 19.2. The Kier molecular flexibility index (Phi) is 29.5. The highest BCUT2D eigenvalue weighted by Crippen LogP contribution is 2.40. The van der Waals surface area contributed by atoms with Gasteiger partial charge < -0.3 is 34.6 Å². The largest absolute Gasteiger partial charge is 0.508 e. The number of hydrogen-bond donors (Lipinski definition) is 5. The molecule has 548 valence electrons. The molecular weight excluding hydrogens is 1360 g/mol. The van der Waals surface area contributed by atoms with Gasteiger partial charge in [-0.25, -0.2) is 4.79 Å². The molecule has 0 aliphatic carbocycles. The average molecular weight is 1460 g/mol. The van der Waals surface area contributed by atoms with E-state index in [1.165, 1.54) is 67.9 Å². The topological polar surface area (TPSA) is 230 Å². The van der Waals surface area contributed by atoms with E-state index in [9.17, 15) is 23.4 Å². The lowest BCUT2D eigenvalue weighted by molar-refractivity contribution is -0.192. The van der Waals surface area contributed by atoms with Gasteiger partial charge in [-0.3, -0.25) is 33.5 Å². The van der Waals surface area contributed by atoms with Gasteiger partial charge in [-0.05, 0) is 187 Å². The summed E-state index contributed by atoms with van der Waals surface area (Å²) in [5.74, 6) is 0.652. The van der Waals surface area contributed by atoms with Crippen molar-refractivity contribution in [3.63, 3.8) is 0 Å². The SMILES string of the molecule is CCO.CSc1nnc(-c2cc(C(C)C)c(C)cc2C)n1-c1ccc(CN2CCOCC2)cc1.CSc1nnc(-c2cc(C(C)C)c(O)cc2O)n1-c1ccc(CN2CCOCC2)cc1.Cc1cc(C)c(C(C)C)cc1-c1n[nH]c(=S)n1-c1ccc(CN2CCOCC2)cc1.O=C(O)C(F)(F)F. The number of aliphatic carboxylic acids is 1. The number of rotatable bonds is 17. The Bertz CT molecular complexity index is 4070. The van der Waals surface area contributed by atoms with Crippen molar-refractivity contribution < 1.29 is 52.6 Å². The molecule has 3 fully saturated rings. The Morgan fingerprint density at radius 2 is 0.833 bits per heavy atom. The van der Waals surface area contributed by atoms with Crippen molar-refractivity contribution in [1.82, 2.24) is 59.0 Å². The van der Waals surface area contributed by atoms with Crippen LogP contribution in [0.4, 0.5) is 13.2 Å². The molecule has 26 heteroatoms. The summed E-state index contributed by atoms with van der Waals surface area (Å²) in [5, 5.41) is 62.5. The summed E-state index contributed by atoms with van der Waals surface area (Å²) in [7, 11) is 0. The molecular formula is C76H97F3N12O8S3. The molecule has 3 aliphatic rings. The smallest absolute Gasteiger partial charge is 0.490 e. The quantitative estimate of drug-likeness (QED) is 0.0421. The van der Waals surface area contributed by atoms with Gasteiger partial charge in [0, 0.05) is 99.8 Å². The number of carboxylic acid groups (broad SMARTS) is 1. The first kappa shape index (κ1) is 79.9. The number of phenolic OH excluding ortho intramolecular Hbond substituents is 2. The summed E-state index contributed by atoms with van der Waals surface area (Å²) in [6, 6.07) is 38.1. The van der Waals surface area contributed by atoms with Crippen molar-refractivity contribution in [2.24, 2.45) is 0 Å². The molecule has 0 unspecified atom stereocenters. The van der Waals surface area contributed by atoms with E-state index in [-0.39, 0.29) is 24.0 Å². The summed E-state index contributed by atoms with van der Waals surface area (Å²) in [4.78, 5) is 16.2. The van der Waals surface area contributed by atoms with Crippen molar-refractivity contribution in [1.29, 1.82) is 0 Å². The Morgan fingerprint density at radius 3 is 1.17 bits per heavy atom. The first-order valence-corrected chi connectivity index (χ1v) is 37.2. The molecule has 102 heavy (non-hydrogen) atoms. The molecule has 0 radical (unpaired) electrons. The number of phenols is 2. The molecule has 0 atom stereocenters. The van der Waals surface area contributed by atoms with Crippen LogP contribution in [0.25, 0.3) is 51.2 Å². The molecule has 0 saturated carbocycles. The summed E-state index contributed by atoms with van der Waals surface area (Å²) in [6.45, 7) is 37.1. The number of carboxylic acids is 1. The maximum atomic E-state index is 10.6. The predicted molar refractivity (Wildman–Crippen MR) is 401 cm³/mol. The summed E-state index contributed by atoms with van der Waals surface area (Å²) in [5.41, 5.74) is 18.3. The fourth-order valence-electron chi connectivity index (χ4n) is 12.3. The van der Waals surface area contributed by atoms with Crippen LogP contribution in [0.3, 0.4) is 0 Å². The number of aromatic nitrogens is 9. The lowest BCUT2D eigenvalue weighted by Crippen LogP contribution is -2.35. The number of nitrogens with zero attached hydrogens (tertiary/aromatic N) is 11. The monoisotopic (exact) mass is 1460 g/mol. The van der Waals surface area contributed by atoms with Crippen molar-refractivity contribution in [2.75, 3.05) is 98.0 Å². The molecule has 0 amide bonds. The third-order valence-electron chi connectivity index (χ3n) is 17.6. The van der Waals surface area contributed by atoms with Gasteiger partial charge in [0.05, 0.1) is 45.2 Å². The number of aliphatic hydroxyl groups excluding tert-OH is 1. The minimum absolute atomic E-state index is 0.0212. The van der Waals surface area contributed by atoms with Crippen LogP contribution in [0, 0.1) is 32.5 Å². The molecule has 5 N–H and O–H groups in total. The number of morpholine rings is 3. The Labute approximate surface area is 610 Å². The number of aliphatic hydroxyl groups is 1.